The normalized spacial score (nSPS) is 10.6. The fourth-order valence-corrected chi connectivity index (χ4v) is 4.07. The molecule has 0 saturated heterocycles. The molecule has 0 heterocycles. The molecule has 0 aliphatic carbocycles. The van der Waals surface area contributed by atoms with Crippen LogP contribution in [0.15, 0.2) is 121 Å². The predicted molar refractivity (Wildman–Crippen MR) is 129 cm³/mol. The Labute approximate surface area is 243 Å². The van der Waals surface area contributed by atoms with Crippen LogP contribution in [0, 0.1) is 0 Å². The van der Waals surface area contributed by atoms with Gasteiger partial charge in [-0.05, 0) is 48.5 Å². The predicted octanol–water partition coefficient (Wildman–Crippen LogP) is 4.84. The van der Waals surface area contributed by atoms with Crippen LogP contribution in [0.1, 0.15) is 0 Å². The van der Waals surface area contributed by atoms with Crippen LogP contribution in [-0.4, -0.2) is 48.9 Å². The zero-order valence-corrected chi connectivity index (χ0v) is 24.6. The molecule has 4 aromatic carbocycles. The van der Waals surface area contributed by atoms with Crippen molar-refractivity contribution < 1.29 is 37.0 Å². The van der Waals surface area contributed by atoms with E-state index in [0.29, 0.717) is 0 Å². The molecule has 4 rings (SSSR count). The average molecular weight is 636 g/mol. The second-order valence-electron chi connectivity index (χ2n) is 6.51. The summed E-state index contributed by atoms with van der Waals surface area (Å²) in [5.74, 6) is 0.895. The Hall–Kier alpha value is -1.97. The molecule has 0 aromatic heterocycles. The van der Waals surface area contributed by atoms with Crippen LogP contribution in [0.25, 0.3) is 0 Å². The molecule has 0 saturated carbocycles. The molecular weight excluding hydrogens is 616 g/mol. The first-order valence-electron chi connectivity index (χ1n) is 9.92. The molecular formula is C24H20BaO8P2. The van der Waals surface area contributed by atoms with E-state index in [1.807, 2.05) is 0 Å². The monoisotopic (exact) mass is 636 g/mol. The third-order valence-electron chi connectivity index (χ3n) is 3.84. The molecule has 0 fully saturated rings. The molecule has 0 radical (unpaired) electrons. The third-order valence-corrected chi connectivity index (χ3v) is 5.58. The minimum atomic E-state index is -4.39. The van der Waals surface area contributed by atoms with Gasteiger partial charge in [0, 0.05) is 0 Å². The number of phosphoric acid groups is 2. The fourth-order valence-electron chi connectivity index (χ4n) is 2.48. The van der Waals surface area contributed by atoms with E-state index in [1.165, 1.54) is 0 Å². The maximum Gasteiger partial charge on any atom is 2.00 e. The summed E-state index contributed by atoms with van der Waals surface area (Å²) >= 11 is 0. The zero-order chi connectivity index (χ0) is 24.3. The number of hydrogen-bond acceptors (Lipinski definition) is 8. The van der Waals surface area contributed by atoms with Crippen molar-refractivity contribution in [1.82, 2.24) is 0 Å². The van der Waals surface area contributed by atoms with Crippen LogP contribution in [0.2, 0.25) is 0 Å². The van der Waals surface area contributed by atoms with Crippen molar-refractivity contribution in [2.75, 3.05) is 0 Å². The Kier molecular flexibility index (Phi) is 12.2. The van der Waals surface area contributed by atoms with Crippen molar-refractivity contribution in [3.8, 4) is 23.0 Å². The quantitative estimate of drug-likeness (QED) is 0.199. The molecule has 8 nitrogen and oxygen atoms in total. The first kappa shape index (κ1) is 29.3. The van der Waals surface area contributed by atoms with Crippen LogP contribution < -0.4 is 27.9 Å². The van der Waals surface area contributed by atoms with Gasteiger partial charge in [-0.1, -0.05) is 72.8 Å². The summed E-state index contributed by atoms with van der Waals surface area (Å²) in [6.07, 6.45) is 0. The molecule has 0 aliphatic heterocycles. The summed E-state index contributed by atoms with van der Waals surface area (Å²) in [5, 5.41) is 0. The molecule has 0 atom stereocenters. The minimum absolute atomic E-state index is 0. The van der Waals surface area contributed by atoms with Crippen LogP contribution in [-0.2, 0) is 9.13 Å². The van der Waals surface area contributed by atoms with Gasteiger partial charge in [0.15, 0.2) is 0 Å². The van der Waals surface area contributed by atoms with Gasteiger partial charge in [-0.3, -0.25) is 0 Å². The van der Waals surface area contributed by atoms with Gasteiger partial charge in [0.25, 0.3) is 0 Å². The van der Waals surface area contributed by atoms with Crippen molar-refractivity contribution >= 4 is 64.5 Å². The smallest absolute Gasteiger partial charge is 0.736 e. The zero-order valence-electron chi connectivity index (χ0n) is 18.4. The van der Waals surface area contributed by atoms with Gasteiger partial charge in [0.1, 0.15) is 23.0 Å². The summed E-state index contributed by atoms with van der Waals surface area (Å²) in [6.45, 7) is 0. The Morgan fingerprint density at radius 2 is 0.571 bits per heavy atom. The molecule has 35 heavy (non-hydrogen) atoms. The van der Waals surface area contributed by atoms with E-state index in [1.54, 1.807) is 121 Å². The van der Waals surface area contributed by atoms with Gasteiger partial charge >= 0.3 is 64.5 Å². The van der Waals surface area contributed by atoms with Crippen molar-refractivity contribution in [1.29, 1.82) is 0 Å². The van der Waals surface area contributed by atoms with E-state index in [9.17, 15) is 18.9 Å². The molecule has 0 aliphatic rings. The van der Waals surface area contributed by atoms with Gasteiger partial charge in [0.05, 0.1) is 0 Å². The number of phosphoric ester groups is 2. The van der Waals surface area contributed by atoms with Gasteiger partial charge in [0.2, 0.25) is 0 Å². The van der Waals surface area contributed by atoms with E-state index in [-0.39, 0.29) is 71.9 Å². The van der Waals surface area contributed by atoms with Crippen molar-refractivity contribution in [3.05, 3.63) is 121 Å². The van der Waals surface area contributed by atoms with E-state index < -0.39 is 15.6 Å². The first-order valence-corrected chi connectivity index (χ1v) is 12.8. The van der Waals surface area contributed by atoms with Gasteiger partial charge in [-0.15, -0.1) is 0 Å². The summed E-state index contributed by atoms with van der Waals surface area (Å²) in [6, 6.07) is 32.8. The molecule has 4 aromatic rings. The van der Waals surface area contributed by atoms with E-state index in [4.69, 9.17) is 18.1 Å². The Balaban J connectivity index is 0.000000240. The van der Waals surface area contributed by atoms with Crippen LogP contribution in [0.3, 0.4) is 0 Å². The molecule has 0 unspecified atom stereocenters. The molecule has 176 valence electrons. The number of benzene rings is 4. The van der Waals surface area contributed by atoms with Gasteiger partial charge in [-0.2, -0.15) is 0 Å². The van der Waals surface area contributed by atoms with Crippen LogP contribution in [0.4, 0.5) is 0 Å². The largest absolute Gasteiger partial charge is 2.00 e. The SMILES string of the molecule is O=P([O-])(Oc1ccccc1)Oc1ccccc1.O=P([O-])(Oc1ccccc1)Oc1ccccc1.[Ba+2]. The molecule has 0 N–H and O–H groups in total. The molecule has 11 heteroatoms. The Morgan fingerprint density at radius 3 is 0.743 bits per heavy atom. The minimum Gasteiger partial charge on any atom is -0.736 e. The van der Waals surface area contributed by atoms with Crippen LogP contribution >= 0.6 is 15.6 Å². The standard InChI is InChI=1S/2C12H11O4P.Ba/c2*13-17(14,15-11-7-3-1-4-8-11)16-12-9-5-2-6-10-12;/h2*1-10H,(H,13,14);/q;;+2/p-2. The van der Waals surface area contributed by atoms with E-state index >= 15 is 0 Å². The Bertz CT molecular complexity index is 1040. The summed E-state index contributed by atoms with van der Waals surface area (Å²) in [7, 11) is -8.77. The van der Waals surface area contributed by atoms with Crippen LogP contribution in [0.5, 0.6) is 23.0 Å². The number of para-hydroxylation sites is 4. The summed E-state index contributed by atoms with van der Waals surface area (Å²) in [4.78, 5) is 23.1. The van der Waals surface area contributed by atoms with Gasteiger partial charge < -0.3 is 27.9 Å². The van der Waals surface area contributed by atoms with Gasteiger partial charge in [-0.25, -0.2) is 9.13 Å². The maximum atomic E-state index is 11.6. The average Bonchev–Trinajstić information content (AvgIpc) is 2.81. The van der Waals surface area contributed by atoms with E-state index in [2.05, 4.69) is 0 Å². The molecule has 0 bridgehead atoms. The topological polar surface area (TPSA) is 117 Å². The molecule has 0 spiro atoms. The van der Waals surface area contributed by atoms with E-state index in [0.717, 1.165) is 0 Å². The second kappa shape index (κ2) is 14.6. The van der Waals surface area contributed by atoms with Crippen molar-refractivity contribution in [2.24, 2.45) is 0 Å². The number of rotatable bonds is 8. The summed E-state index contributed by atoms with van der Waals surface area (Å²) < 4.78 is 42.2. The molecule has 0 amide bonds. The third kappa shape index (κ3) is 11.5. The summed E-state index contributed by atoms with van der Waals surface area (Å²) in [5.41, 5.74) is 0. The van der Waals surface area contributed by atoms with Crippen molar-refractivity contribution in [2.45, 2.75) is 0 Å². The second-order valence-corrected chi connectivity index (χ2v) is 9.03. The Morgan fingerprint density at radius 1 is 0.400 bits per heavy atom. The first-order chi connectivity index (χ1) is 16.3. The fraction of sp³-hybridized carbons (Fsp3) is 0. The van der Waals surface area contributed by atoms with Crippen molar-refractivity contribution in [3.63, 3.8) is 0 Å². The maximum absolute atomic E-state index is 11.6. The number of hydrogen-bond donors (Lipinski definition) is 0.